The van der Waals surface area contributed by atoms with Crippen molar-refractivity contribution in [1.29, 1.82) is 0 Å². The normalized spacial score (nSPS) is 33.0. The van der Waals surface area contributed by atoms with Gasteiger partial charge >= 0.3 is 0 Å². The summed E-state index contributed by atoms with van der Waals surface area (Å²) in [5, 5.41) is 4.01. The Labute approximate surface area is 75.5 Å². The van der Waals surface area contributed by atoms with E-state index in [0.717, 1.165) is 16.0 Å². The summed E-state index contributed by atoms with van der Waals surface area (Å²) in [5.74, 6) is 1.09. The fourth-order valence-electron chi connectivity index (χ4n) is 1.26. The van der Waals surface area contributed by atoms with E-state index in [9.17, 15) is 0 Å². The first-order valence-corrected chi connectivity index (χ1v) is 5.71. The zero-order chi connectivity index (χ0) is 7.40. The first kappa shape index (κ1) is 8.88. The van der Waals surface area contributed by atoms with Crippen LogP contribution < -0.4 is 5.32 Å². The van der Waals surface area contributed by atoms with Gasteiger partial charge in [-0.3, -0.25) is 0 Å². The van der Waals surface area contributed by atoms with Crippen LogP contribution in [0.25, 0.3) is 0 Å². The number of rotatable bonds is 3. The summed E-state index contributed by atoms with van der Waals surface area (Å²) in [6.45, 7) is 0. The van der Waals surface area contributed by atoms with Crippen LogP contribution in [0.1, 0.15) is 19.3 Å². The van der Waals surface area contributed by atoms with Crippen molar-refractivity contribution in [1.82, 2.24) is 5.32 Å². The number of halogens is 1. The van der Waals surface area contributed by atoms with Crippen LogP contribution in [0.15, 0.2) is 0 Å². The molecule has 1 fully saturated rings. The van der Waals surface area contributed by atoms with Gasteiger partial charge in [0.1, 0.15) is 0 Å². The van der Waals surface area contributed by atoms with E-state index in [2.05, 4.69) is 21.2 Å². The second-order valence-electron chi connectivity index (χ2n) is 2.65. The Morgan fingerprint density at radius 1 is 1.60 bits per heavy atom. The van der Waals surface area contributed by atoms with E-state index in [4.69, 9.17) is 0 Å². The van der Waals surface area contributed by atoms with E-state index in [1.165, 1.54) is 19.3 Å². The van der Waals surface area contributed by atoms with Crippen LogP contribution in [0.4, 0.5) is 0 Å². The van der Waals surface area contributed by atoms with Crippen molar-refractivity contribution < 1.29 is 0 Å². The molecule has 1 nitrogen and oxygen atoms in total. The molecule has 2 unspecified atom stereocenters. The molecule has 1 aliphatic rings. The van der Waals surface area contributed by atoms with Crippen molar-refractivity contribution in [3.05, 3.63) is 0 Å². The monoisotopic (exact) mass is 223 g/mol. The summed E-state index contributed by atoms with van der Waals surface area (Å²) in [6.07, 6.45) is 4.15. The molecular formula is C7H14BrNS. The molecule has 2 atom stereocenters. The first-order valence-electron chi connectivity index (χ1n) is 3.75. The van der Waals surface area contributed by atoms with Crippen molar-refractivity contribution in [2.24, 2.45) is 0 Å². The van der Waals surface area contributed by atoms with Crippen LogP contribution in [0.2, 0.25) is 0 Å². The highest BCUT2D eigenvalue weighted by Crippen LogP contribution is 2.34. The SMILES string of the molecule is CNCSC1CCCC1Br. The van der Waals surface area contributed by atoms with Crippen molar-refractivity contribution in [3.63, 3.8) is 0 Å². The zero-order valence-corrected chi connectivity index (χ0v) is 8.67. The molecule has 1 saturated carbocycles. The summed E-state index contributed by atoms with van der Waals surface area (Å²) < 4.78 is 0. The maximum absolute atomic E-state index is 3.69. The smallest absolute Gasteiger partial charge is 0.0418 e. The van der Waals surface area contributed by atoms with E-state index in [1.54, 1.807) is 0 Å². The summed E-state index contributed by atoms with van der Waals surface area (Å²) in [7, 11) is 2.01. The fourth-order valence-corrected chi connectivity index (χ4v) is 3.36. The van der Waals surface area contributed by atoms with Gasteiger partial charge in [-0.2, -0.15) is 0 Å². The Balaban J connectivity index is 2.14. The molecule has 0 heterocycles. The molecule has 0 aromatic heterocycles. The van der Waals surface area contributed by atoms with Crippen molar-refractivity contribution in [2.75, 3.05) is 12.9 Å². The maximum atomic E-state index is 3.69. The second kappa shape index (κ2) is 4.62. The van der Waals surface area contributed by atoms with Gasteiger partial charge < -0.3 is 5.32 Å². The van der Waals surface area contributed by atoms with Crippen molar-refractivity contribution >= 4 is 27.7 Å². The van der Waals surface area contributed by atoms with E-state index in [-0.39, 0.29) is 0 Å². The molecular weight excluding hydrogens is 210 g/mol. The number of alkyl halides is 1. The molecule has 0 aliphatic heterocycles. The molecule has 0 aromatic rings. The van der Waals surface area contributed by atoms with Crippen molar-refractivity contribution in [3.8, 4) is 0 Å². The Morgan fingerprint density at radius 2 is 2.40 bits per heavy atom. The standard InChI is InChI=1S/C7H14BrNS/c1-9-5-10-7-4-2-3-6(7)8/h6-7,9H,2-5H2,1H3. The van der Waals surface area contributed by atoms with Crippen LogP contribution in [-0.4, -0.2) is 23.0 Å². The number of hydrogen-bond acceptors (Lipinski definition) is 2. The third kappa shape index (κ3) is 2.44. The van der Waals surface area contributed by atoms with Crippen LogP contribution in [0, 0.1) is 0 Å². The lowest BCUT2D eigenvalue weighted by Gasteiger charge is -2.12. The Hall–Kier alpha value is 0.790. The summed E-state index contributed by atoms with van der Waals surface area (Å²) in [6, 6.07) is 0. The van der Waals surface area contributed by atoms with Gasteiger partial charge in [0.05, 0.1) is 0 Å². The lowest BCUT2D eigenvalue weighted by molar-refractivity contribution is 0.888. The van der Waals surface area contributed by atoms with Crippen molar-refractivity contribution in [2.45, 2.75) is 29.3 Å². The molecule has 0 bridgehead atoms. The molecule has 0 aromatic carbocycles. The first-order chi connectivity index (χ1) is 4.84. The summed E-state index contributed by atoms with van der Waals surface area (Å²) >= 11 is 5.72. The molecule has 0 spiro atoms. The third-order valence-electron chi connectivity index (χ3n) is 1.81. The molecule has 1 aliphatic carbocycles. The Kier molecular flexibility index (Phi) is 4.11. The highest BCUT2D eigenvalue weighted by atomic mass is 79.9. The fraction of sp³-hybridized carbons (Fsp3) is 1.00. The van der Waals surface area contributed by atoms with Gasteiger partial charge in [0.2, 0.25) is 0 Å². The van der Waals surface area contributed by atoms with Crippen LogP contribution in [0.3, 0.4) is 0 Å². The predicted molar refractivity (Wildman–Crippen MR) is 51.9 cm³/mol. The van der Waals surface area contributed by atoms with Crippen LogP contribution >= 0.6 is 27.7 Å². The zero-order valence-electron chi connectivity index (χ0n) is 6.27. The van der Waals surface area contributed by atoms with E-state index in [0.29, 0.717) is 0 Å². The highest BCUT2D eigenvalue weighted by Gasteiger charge is 2.24. The van der Waals surface area contributed by atoms with Gasteiger partial charge in [0.25, 0.3) is 0 Å². The lowest BCUT2D eigenvalue weighted by Crippen LogP contribution is -2.14. The molecule has 1 N–H and O–H groups in total. The minimum Gasteiger partial charge on any atom is -0.311 e. The molecule has 60 valence electrons. The Morgan fingerprint density at radius 3 is 2.90 bits per heavy atom. The van der Waals surface area contributed by atoms with Crippen LogP contribution in [0.5, 0.6) is 0 Å². The van der Waals surface area contributed by atoms with E-state index >= 15 is 0 Å². The summed E-state index contributed by atoms with van der Waals surface area (Å²) in [4.78, 5) is 0.769. The van der Waals surface area contributed by atoms with Gasteiger partial charge in [-0.05, 0) is 19.9 Å². The van der Waals surface area contributed by atoms with Crippen LogP contribution in [-0.2, 0) is 0 Å². The van der Waals surface area contributed by atoms with Gasteiger partial charge in [-0.15, -0.1) is 11.8 Å². The number of thioether (sulfide) groups is 1. The van der Waals surface area contributed by atoms with E-state index < -0.39 is 0 Å². The quantitative estimate of drug-likeness (QED) is 0.582. The predicted octanol–water partition coefficient (Wildman–Crippen LogP) is 2.21. The average molecular weight is 224 g/mol. The van der Waals surface area contributed by atoms with Gasteiger partial charge in [-0.25, -0.2) is 0 Å². The molecule has 0 radical (unpaired) electrons. The molecule has 10 heavy (non-hydrogen) atoms. The molecule has 0 saturated heterocycles. The third-order valence-corrected chi connectivity index (χ3v) is 4.71. The highest BCUT2D eigenvalue weighted by molar-refractivity contribution is 9.09. The maximum Gasteiger partial charge on any atom is 0.0418 e. The minimum atomic E-state index is 0.769. The second-order valence-corrected chi connectivity index (χ2v) is 5.05. The topological polar surface area (TPSA) is 12.0 Å². The van der Waals surface area contributed by atoms with Gasteiger partial charge in [0.15, 0.2) is 0 Å². The molecule has 3 heteroatoms. The van der Waals surface area contributed by atoms with Gasteiger partial charge in [0, 0.05) is 16.0 Å². The average Bonchev–Trinajstić information content (AvgIpc) is 2.31. The van der Waals surface area contributed by atoms with E-state index in [1.807, 2.05) is 18.8 Å². The van der Waals surface area contributed by atoms with Gasteiger partial charge in [-0.1, -0.05) is 22.4 Å². The molecule has 1 rings (SSSR count). The molecule has 0 amide bonds. The number of hydrogen-bond donors (Lipinski definition) is 1. The largest absolute Gasteiger partial charge is 0.311 e. The summed E-state index contributed by atoms with van der Waals surface area (Å²) in [5.41, 5.74) is 0. The minimum absolute atomic E-state index is 0.769. The number of nitrogens with one attached hydrogen (secondary N) is 1. The Bertz CT molecular complexity index is 99.6. The lowest BCUT2D eigenvalue weighted by atomic mass is 10.4.